The summed E-state index contributed by atoms with van der Waals surface area (Å²) in [6.45, 7) is 1.77. The van der Waals surface area contributed by atoms with Crippen LogP contribution < -0.4 is 0 Å². The monoisotopic (exact) mass is 379 g/mol. The lowest BCUT2D eigenvalue weighted by atomic mass is 10.1. The van der Waals surface area contributed by atoms with E-state index in [4.69, 9.17) is 0 Å². The van der Waals surface area contributed by atoms with Crippen LogP contribution in [0.15, 0.2) is 47.4 Å². The van der Waals surface area contributed by atoms with Gasteiger partial charge in [-0.3, -0.25) is 14.9 Å². The third kappa shape index (κ3) is 4.55. The fourth-order valence-electron chi connectivity index (χ4n) is 2.17. The standard InChI is InChI=1S/C16H15N2O7S/c1-10-2-5-12(6-3-10)26(24,25)17-13(16(20)21)8-11-4-7-15(19)14(9-11)18(22)23/h2-7,9,13,19H,8H2,1H3,(H,20,21)/q-1. The van der Waals surface area contributed by atoms with Gasteiger partial charge in [0.15, 0.2) is 5.75 Å². The summed E-state index contributed by atoms with van der Waals surface area (Å²) in [6, 6.07) is 7.39. The molecule has 0 fully saturated rings. The maximum absolute atomic E-state index is 12.3. The van der Waals surface area contributed by atoms with Crippen LogP contribution >= 0.6 is 0 Å². The third-order valence-corrected chi connectivity index (χ3v) is 4.94. The van der Waals surface area contributed by atoms with Gasteiger partial charge in [-0.2, -0.15) is 0 Å². The van der Waals surface area contributed by atoms with Crippen molar-refractivity contribution in [2.45, 2.75) is 24.3 Å². The van der Waals surface area contributed by atoms with E-state index in [2.05, 4.69) is 4.72 Å². The van der Waals surface area contributed by atoms with Crippen molar-refractivity contribution in [3.63, 3.8) is 0 Å². The molecule has 0 saturated heterocycles. The van der Waals surface area contributed by atoms with E-state index >= 15 is 0 Å². The van der Waals surface area contributed by atoms with Gasteiger partial charge < -0.3 is 14.9 Å². The van der Waals surface area contributed by atoms with Crippen LogP contribution in [0.4, 0.5) is 5.69 Å². The third-order valence-electron chi connectivity index (χ3n) is 3.54. The van der Waals surface area contributed by atoms with Gasteiger partial charge in [0.1, 0.15) is 10.0 Å². The highest BCUT2D eigenvalue weighted by Gasteiger charge is 2.18. The number of carbonyl (C=O) groups is 1. The average molecular weight is 379 g/mol. The van der Waals surface area contributed by atoms with E-state index in [9.17, 15) is 33.5 Å². The van der Waals surface area contributed by atoms with Crippen LogP contribution in [0, 0.1) is 17.0 Å². The Balaban J connectivity index is 2.27. The zero-order valence-corrected chi connectivity index (χ0v) is 14.4. The fraction of sp³-hybridized carbons (Fsp3) is 0.188. The molecule has 138 valence electrons. The first-order valence-corrected chi connectivity index (χ1v) is 8.77. The fourth-order valence-corrected chi connectivity index (χ4v) is 3.28. The van der Waals surface area contributed by atoms with Gasteiger partial charge >= 0.3 is 5.69 Å². The molecule has 0 aromatic heterocycles. The quantitative estimate of drug-likeness (QED) is 0.554. The number of rotatable bonds is 7. The summed E-state index contributed by atoms with van der Waals surface area (Å²) in [5.41, 5.74) is 0.382. The van der Waals surface area contributed by atoms with Gasteiger partial charge in [0, 0.05) is 11.0 Å². The number of hydrogen-bond acceptors (Lipinski definition) is 6. The summed E-state index contributed by atoms with van der Waals surface area (Å²) in [7, 11) is -4.22. The molecule has 2 N–H and O–H groups in total. The molecule has 10 heteroatoms. The number of aryl methyl sites for hydroxylation is 1. The lowest BCUT2D eigenvalue weighted by Gasteiger charge is -2.28. The molecule has 2 aromatic rings. The van der Waals surface area contributed by atoms with Crippen LogP contribution in [0.5, 0.6) is 5.75 Å². The number of nitrogens with zero attached hydrogens (tertiary/aromatic N) is 2. The second-order valence-electron chi connectivity index (χ2n) is 5.53. The van der Waals surface area contributed by atoms with Gasteiger partial charge in [-0.15, -0.1) is 0 Å². The predicted molar refractivity (Wildman–Crippen MR) is 91.6 cm³/mol. The SMILES string of the molecule is Cc1ccc(S(=O)(=O)[N-]C(Cc2ccc(O)c([N+](=O)[O-])c2)C(=O)O)cc1. The van der Waals surface area contributed by atoms with Gasteiger partial charge in [0.2, 0.25) is 0 Å². The van der Waals surface area contributed by atoms with Crippen molar-refractivity contribution < 1.29 is 28.3 Å². The van der Waals surface area contributed by atoms with E-state index in [1.807, 2.05) is 0 Å². The predicted octanol–water partition coefficient (Wildman–Crippen LogP) is 2.37. The Morgan fingerprint density at radius 2 is 1.85 bits per heavy atom. The Morgan fingerprint density at radius 3 is 2.38 bits per heavy atom. The second-order valence-corrected chi connectivity index (χ2v) is 7.16. The van der Waals surface area contributed by atoms with Gasteiger partial charge in [-0.05, 0) is 43.1 Å². The summed E-state index contributed by atoms with van der Waals surface area (Å²) >= 11 is 0. The number of carboxylic acids is 1. The van der Waals surface area contributed by atoms with E-state index in [1.54, 1.807) is 19.1 Å². The molecule has 0 aliphatic heterocycles. The number of carboxylic acid groups (broad SMARTS) is 1. The second kappa shape index (κ2) is 7.50. The zero-order chi connectivity index (χ0) is 19.5. The smallest absolute Gasteiger partial charge is 0.310 e. The normalized spacial score (nSPS) is 12.5. The minimum absolute atomic E-state index is 0.147. The first-order valence-electron chi connectivity index (χ1n) is 7.33. The average Bonchev–Trinajstić information content (AvgIpc) is 2.55. The number of phenols is 1. The van der Waals surface area contributed by atoms with Crippen LogP contribution in [0.2, 0.25) is 0 Å². The molecule has 9 nitrogen and oxygen atoms in total. The van der Waals surface area contributed by atoms with Crippen LogP contribution in [-0.4, -0.2) is 35.6 Å². The topological polar surface area (TPSA) is 149 Å². The summed E-state index contributed by atoms with van der Waals surface area (Å²) in [5.74, 6) is -2.06. The molecular formula is C16H15N2O7S-. The van der Waals surface area contributed by atoms with Crippen molar-refractivity contribution in [3.8, 4) is 5.75 Å². The van der Waals surface area contributed by atoms with Crippen LogP contribution in [0.3, 0.4) is 0 Å². The number of hydrogen-bond donors (Lipinski definition) is 2. The molecule has 0 radical (unpaired) electrons. The molecule has 2 rings (SSSR count). The first-order chi connectivity index (χ1) is 12.1. The van der Waals surface area contributed by atoms with Gasteiger partial charge in [0.05, 0.1) is 4.92 Å². The van der Waals surface area contributed by atoms with Crippen molar-refractivity contribution in [2.24, 2.45) is 0 Å². The number of benzene rings is 2. The molecule has 1 unspecified atom stereocenters. The molecule has 26 heavy (non-hydrogen) atoms. The van der Waals surface area contributed by atoms with E-state index in [0.717, 1.165) is 17.7 Å². The Hall–Kier alpha value is -2.98. The highest BCUT2D eigenvalue weighted by molar-refractivity contribution is 7.94. The van der Waals surface area contributed by atoms with E-state index < -0.39 is 38.4 Å². The Labute approximate surface area is 149 Å². The summed E-state index contributed by atoms with van der Waals surface area (Å²) < 4.78 is 28.0. The number of phenolic OH excluding ortho intramolecular Hbond substituents is 1. The molecule has 1 atom stereocenters. The number of aliphatic carboxylic acids is 1. The summed E-state index contributed by atoms with van der Waals surface area (Å²) in [5, 5.41) is 29.6. The number of sulfonamides is 1. The highest BCUT2D eigenvalue weighted by Crippen LogP contribution is 2.28. The first kappa shape index (κ1) is 19.3. The van der Waals surface area contributed by atoms with Crippen molar-refractivity contribution >= 4 is 21.7 Å². The number of aromatic hydroxyl groups is 1. The lowest BCUT2D eigenvalue weighted by molar-refractivity contribution is -0.385. The molecule has 0 aliphatic rings. The molecule has 0 amide bonds. The van der Waals surface area contributed by atoms with Crippen molar-refractivity contribution in [3.05, 3.63) is 68.4 Å². The molecule has 0 aliphatic carbocycles. The van der Waals surface area contributed by atoms with Crippen LogP contribution in [-0.2, 0) is 21.2 Å². The summed E-state index contributed by atoms with van der Waals surface area (Å²) in [6.07, 6.45) is -0.387. The van der Waals surface area contributed by atoms with Crippen molar-refractivity contribution in [1.82, 2.24) is 0 Å². The van der Waals surface area contributed by atoms with E-state index in [-0.39, 0.29) is 16.9 Å². The largest absolute Gasteiger partial charge is 0.532 e. The van der Waals surface area contributed by atoms with Crippen LogP contribution in [0.25, 0.3) is 4.72 Å². The van der Waals surface area contributed by atoms with Gasteiger partial charge in [-0.1, -0.05) is 23.8 Å². The molecule has 0 heterocycles. The maximum atomic E-state index is 12.3. The molecular weight excluding hydrogens is 364 g/mol. The van der Waals surface area contributed by atoms with E-state index in [0.29, 0.717) is 0 Å². The molecule has 0 saturated carbocycles. The maximum Gasteiger partial charge on any atom is 0.310 e. The van der Waals surface area contributed by atoms with Crippen molar-refractivity contribution in [2.75, 3.05) is 0 Å². The molecule has 0 bridgehead atoms. The minimum atomic E-state index is -4.22. The zero-order valence-electron chi connectivity index (χ0n) is 13.6. The summed E-state index contributed by atoms with van der Waals surface area (Å²) in [4.78, 5) is 21.3. The highest BCUT2D eigenvalue weighted by atomic mass is 32.2. The Morgan fingerprint density at radius 1 is 1.23 bits per heavy atom. The number of nitro benzene ring substituents is 1. The van der Waals surface area contributed by atoms with E-state index in [1.165, 1.54) is 18.2 Å². The van der Waals surface area contributed by atoms with Gasteiger partial charge in [-0.25, -0.2) is 8.42 Å². The Kier molecular flexibility index (Phi) is 5.58. The van der Waals surface area contributed by atoms with Crippen molar-refractivity contribution in [1.29, 1.82) is 0 Å². The molecule has 0 spiro atoms. The minimum Gasteiger partial charge on any atom is -0.532 e. The van der Waals surface area contributed by atoms with Gasteiger partial charge in [0.25, 0.3) is 5.97 Å². The number of nitro groups is 1. The Bertz CT molecular complexity index is 940. The molecule has 2 aromatic carbocycles. The lowest BCUT2D eigenvalue weighted by Crippen LogP contribution is -2.24. The van der Waals surface area contributed by atoms with Crippen LogP contribution in [0.1, 0.15) is 11.1 Å².